The van der Waals surface area contributed by atoms with Gasteiger partial charge in [-0.05, 0) is 66.3 Å². The van der Waals surface area contributed by atoms with Crippen LogP contribution in [0.3, 0.4) is 0 Å². The average molecular weight is 517 g/mol. The van der Waals surface area contributed by atoms with Crippen LogP contribution in [0.1, 0.15) is 27.7 Å². The first-order valence-corrected chi connectivity index (χ1v) is 14.3. The highest BCUT2D eigenvalue weighted by Gasteiger charge is 2.52. The van der Waals surface area contributed by atoms with Gasteiger partial charge < -0.3 is 9.47 Å². The molecule has 7 rings (SSSR count). The molecule has 0 fully saturated rings. The molecule has 4 nitrogen and oxygen atoms in total. The lowest BCUT2D eigenvalue weighted by Crippen LogP contribution is -2.49. The summed E-state index contributed by atoms with van der Waals surface area (Å²) >= 11 is 4.61. The Morgan fingerprint density at radius 2 is 1.26 bits per heavy atom. The molecule has 176 valence electrons. The summed E-state index contributed by atoms with van der Waals surface area (Å²) in [4.78, 5) is 2.20. The quantitative estimate of drug-likeness (QED) is 0.252. The molecule has 4 atom stereocenters. The van der Waals surface area contributed by atoms with Gasteiger partial charge in [0.1, 0.15) is 11.0 Å². The smallest absolute Gasteiger partial charge is 0.174 e. The van der Waals surface area contributed by atoms with Crippen LogP contribution in [0.25, 0.3) is 31.9 Å². The van der Waals surface area contributed by atoms with Crippen LogP contribution in [0.4, 0.5) is 0 Å². The number of benzene rings is 1. The van der Waals surface area contributed by atoms with E-state index in [1.54, 1.807) is 22.7 Å². The van der Waals surface area contributed by atoms with Gasteiger partial charge in [0, 0.05) is 15.3 Å². The van der Waals surface area contributed by atoms with Crippen LogP contribution in [0.15, 0.2) is 70.5 Å². The predicted octanol–water partition coefficient (Wildman–Crippen LogP) is 8.15. The molecular weight excluding hydrogens is 493 g/mol. The minimum Gasteiger partial charge on any atom is -0.474 e. The molecule has 3 aliphatic rings. The van der Waals surface area contributed by atoms with Crippen LogP contribution < -0.4 is 9.47 Å². The van der Waals surface area contributed by atoms with E-state index in [4.69, 9.17) is 18.2 Å². The Morgan fingerprint density at radius 1 is 0.771 bits per heavy atom. The van der Waals surface area contributed by atoms with Crippen LogP contribution in [0.2, 0.25) is 0 Å². The van der Waals surface area contributed by atoms with Gasteiger partial charge in [-0.3, -0.25) is 0 Å². The molecule has 2 aliphatic carbocycles. The number of allylic oxidation sites excluding steroid dienone is 3. The summed E-state index contributed by atoms with van der Waals surface area (Å²) in [7, 11) is 0. The third-order valence-electron chi connectivity index (χ3n) is 7.45. The molecule has 4 heterocycles. The van der Waals surface area contributed by atoms with Crippen molar-refractivity contribution in [1.82, 2.24) is 8.75 Å². The zero-order chi connectivity index (χ0) is 23.9. The highest BCUT2D eigenvalue weighted by Crippen LogP contribution is 2.59. The van der Waals surface area contributed by atoms with Crippen molar-refractivity contribution >= 4 is 45.4 Å². The Bertz CT molecular complexity index is 1450. The summed E-state index contributed by atoms with van der Waals surface area (Å²) in [6, 6.07) is 8.39. The Hall–Kier alpha value is -2.74. The first kappa shape index (κ1) is 21.5. The van der Waals surface area contributed by atoms with E-state index in [1.165, 1.54) is 22.9 Å². The standard InChI is InChI=1S/C28H24N2O2S3/c1-15-9-11-27(3)26-19(15)16(2)10-12-28(26,4)32-25-21(18-8-6-14-34-18)23-22(29-35-30-23)20(24(25)31-27)17-7-5-13-33-17/h5-16H,1-4H3. The summed E-state index contributed by atoms with van der Waals surface area (Å²) in [6.07, 6.45) is 9.03. The molecule has 7 heteroatoms. The Kier molecular flexibility index (Phi) is 4.54. The van der Waals surface area contributed by atoms with E-state index >= 15 is 0 Å². The Labute approximate surface area is 216 Å². The summed E-state index contributed by atoms with van der Waals surface area (Å²) in [6.45, 7) is 8.90. The summed E-state index contributed by atoms with van der Waals surface area (Å²) in [5.74, 6) is 2.15. The third kappa shape index (κ3) is 2.95. The number of nitrogens with zero attached hydrogens (tertiary/aromatic N) is 2. The molecule has 0 saturated heterocycles. The van der Waals surface area contributed by atoms with Crippen LogP contribution in [0, 0.1) is 11.8 Å². The SMILES string of the molecule is CC1C=CC2(C)Oc3c(c(-c4cccs4)c4nsnc4c3-c3cccs3)OC3(C)C=CC(C)C1=C23. The molecule has 0 radical (unpaired) electrons. The van der Waals surface area contributed by atoms with Gasteiger partial charge in [-0.25, -0.2) is 0 Å². The maximum atomic E-state index is 7.16. The van der Waals surface area contributed by atoms with Gasteiger partial charge >= 0.3 is 0 Å². The third-order valence-corrected chi connectivity index (χ3v) is 9.76. The normalized spacial score (nSPS) is 28.9. The number of rotatable bonds is 2. The number of aromatic nitrogens is 2. The molecule has 3 aromatic heterocycles. The molecule has 0 spiro atoms. The van der Waals surface area contributed by atoms with Gasteiger partial charge in [-0.1, -0.05) is 38.1 Å². The van der Waals surface area contributed by atoms with Crippen LogP contribution in [0.5, 0.6) is 11.5 Å². The summed E-state index contributed by atoms with van der Waals surface area (Å²) in [5.41, 5.74) is 4.99. The molecule has 1 aliphatic heterocycles. The first-order valence-electron chi connectivity index (χ1n) is 11.8. The van der Waals surface area contributed by atoms with Crippen molar-refractivity contribution in [2.75, 3.05) is 0 Å². The van der Waals surface area contributed by atoms with Gasteiger partial charge in [-0.15, -0.1) is 22.7 Å². The number of hydrogen-bond donors (Lipinski definition) is 0. The highest BCUT2D eigenvalue weighted by molar-refractivity contribution is 7.14. The largest absolute Gasteiger partial charge is 0.474 e. The van der Waals surface area contributed by atoms with Gasteiger partial charge in [0.2, 0.25) is 0 Å². The fourth-order valence-corrected chi connectivity index (χ4v) is 8.11. The van der Waals surface area contributed by atoms with Gasteiger partial charge in [0.25, 0.3) is 0 Å². The molecule has 0 bridgehead atoms. The highest BCUT2D eigenvalue weighted by atomic mass is 32.1. The molecule has 0 saturated carbocycles. The topological polar surface area (TPSA) is 44.2 Å². The van der Waals surface area contributed by atoms with Crippen LogP contribution >= 0.6 is 34.4 Å². The van der Waals surface area contributed by atoms with Crippen molar-refractivity contribution in [3.05, 3.63) is 70.5 Å². The minimum absolute atomic E-state index is 0.325. The average Bonchev–Trinajstić information content (AvgIpc) is 3.61. The molecule has 35 heavy (non-hydrogen) atoms. The number of hydrogen-bond acceptors (Lipinski definition) is 7. The minimum atomic E-state index is -0.642. The van der Waals surface area contributed by atoms with E-state index in [-0.39, 0.29) is 0 Å². The van der Waals surface area contributed by atoms with Crippen molar-refractivity contribution < 1.29 is 9.47 Å². The first-order chi connectivity index (χ1) is 16.9. The molecule has 0 N–H and O–H groups in total. The Morgan fingerprint density at radius 3 is 1.69 bits per heavy atom. The van der Waals surface area contributed by atoms with Crippen molar-refractivity contribution in [2.45, 2.75) is 38.9 Å². The van der Waals surface area contributed by atoms with Gasteiger partial charge in [0.05, 0.1) is 22.9 Å². The number of ether oxygens (including phenoxy) is 2. The number of fused-ring (bicyclic) bond motifs is 2. The molecule has 4 unspecified atom stereocenters. The van der Waals surface area contributed by atoms with E-state index in [2.05, 4.69) is 87.0 Å². The summed E-state index contributed by atoms with van der Waals surface area (Å²) < 4.78 is 23.9. The van der Waals surface area contributed by atoms with Crippen molar-refractivity contribution in [1.29, 1.82) is 0 Å². The molecule has 4 aromatic rings. The molecule has 0 amide bonds. The van der Waals surface area contributed by atoms with Crippen LogP contribution in [-0.2, 0) is 0 Å². The lowest BCUT2D eigenvalue weighted by Gasteiger charge is -2.45. The monoisotopic (exact) mass is 516 g/mol. The zero-order valence-corrected chi connectivity index (χ0v) is 22.3. The van der Waals surface area contributed by atoms with Crippen LogP contribution in [-0.4, -0.2) is 19.9 Å². The Balaban J connectivity index is 1.63. The number of thiophene rings is 2. The van der Waals surface area contributed by atoms with Gasteiger partial charge in [0.15, 0.2) is 22.7 Å². The molecule has 1 aromatic carbocycles. The fourth-order valence-electron chi connectivity index (χ4n) is 6.01. The maximum Gasteiger partial charge on any atom is 0.174 e. The fraction of sp³-hybridized carbons (Fsp3) is 0.286. The second-order valence-corrected chi connectivity index (χ2v) is 12.3. The van der Waals surface area contributed by atoms with E-state index in [0.29, 0.717) is 11.8 Å². The van der Waals surface area contributed by atoms with E-state index in [9.17, 15) is 0 Å². The second kappa shape index (κ2) is 7.38. The van der Waals surface area contributed by atoms with Crippen molar-refractivity contribution in [2.24, 2.45) is 11.8 Å². The lowest BCUT2D eigenvalue weighted by molar-refractivity contribution is 0.130. The van der Waals surface area contributed by atoms with Gasteiger partial charge in [-0.2, -0.15) is 8.75 Å². The van der Waals surface area contributed by atoms with Crippen molar-refractivity contribution in [3.8, 4) is 32.4 Å². The van der Waals surface area contributed by atoms with E-state index in [1.807, 2.05) is 0 Å². The lowest BCUT2D eigenvalue weighted by atomic mass is 9.67. The van der Waals surface area contributed by atoms with Crippen molar-refractivity contribution in [3.63, 3.8) is 0 Å². The van der Waals surface area contributed by atoms with E-state index in [0.717, 1.165) is 43.4 Å². The molecular formula is C28H24N2O2S3. The maximum absolute atomic E-state index is 7.16. The summed E-state index contributed by atoms with van der Waals surface area (Å²) in [5, 5.41) is 4.18. The second-order valence-electron chi connectivity index (χ2n) is 9.87. The predicted molar refractivity (Wildman–Crippen MR) is 146 cm³/mol. The zero-order valence-electron chi connectivity index (χ0n) is 19.9. The van der Waals surface area contributed by atoms with E-state index < -0.39 is 11.2 Å².